The lowest BCUT2D eigenvalue weighted by molar-refractivity contribution is -0.0823. The van der Waals surface area contributed by atoms with Gasteiger partial charge in [-0.25, -0.2) is 4.39 Å². The number of hydrogen-bond acceptors (Lipinski definition) is 7. The van der Waals surface area contributed by atoms with Crippen LogP contribution in [0.1, 0.15) is 0 Å². The molecule has 1 aromatic carbocycles. The van der Waals surface area contributed by atoms with Gasteiger partial charge in [-0.15, -0.1) is 0 Å². The van der Waals surface area contributed by atoms with E-state index in [0.717, 1.165) is 0 Å². The zero-order valence-electron chi connectivity index (χ0n) is 11.9. The van der Waals surface area contributed by atoms with Gasteiger partial charge in [0.1, 0.15) is 29.9 Å². The van der Waals surface area contributed by atoms with Gasteiger partial charge in [0, 0.05) is 13.2 Å². The van der Waals surface area contributed by atoms with Crippen LogP contribution < -0.4 is 5.32 Å². The van der Waals surface area contributed by atoms with E-state index in [1.165, 1.54) is 23.2 Å². The first-order valence-corrected chi connectivity index (χ1v) is 6.70. The van der Waals surface area contributed by atoms with Gasteiger partial charge in [0.05, 0.1) is 12.3 Å². The van der Waals surface area contributed by atoms with Crippen LogP contribution >= 0.6 is 0 Å². The molecule has 0 aliphatic carbocycles. The summed E-state index contributed by atoms with van der Waals surface area (Å²) in [5.74, 6) is -0.458. The second-order valence-electron chi connectivity index (χ2n) is 4.98. The molecule has 0 aromatic heterocycles. The van der Waals surface area contributed by atoms with Gasteiger partial charge in [0.2, 0.25) is 6.35 Å². The van der Waals surface area contributed by atoms with Gasteiger partial charge in [-0.05, 0) is 12.1 Å². The summed E-state index contributed by atoms with van der Waals surface area (Å²) in [6, 6.07) is 6.04. The Morgan fingerprint density at radius 2 is 2.00 bits per heavy atom. The second kappa shape index (κ2) is 6.93. The van der Waals surface area contributed by atoms with Crippen LogP contribution in [-0.2, 0) is 4.74 Å². The normalized spacial score (nSPS) is 21.8. The molecule has 2 rings (SSSR count). The monoisotopic (exact) mass is 314 g/mol. The molecule has 5 N–H and O–H groups in total. The molecule has 0 radical (unpaired) electrons. The van der Waals surface area contributed by atoms with E-state index >= 15 is 0 Å². The van der Waals surface area contributed by atoms with Gasteiger partial charge in [0.25, 0.3) is 0 Å². The van der Waals surface area contributed by atoms with Crippen molar-refractivity contribution in [3.05, 3.63) is 42.0 Å². The summed E-state index contributed by atoms with van der Waals surface area (Å²) >= 11 is 0. The molecule has 1 aliphatic rings. The molecule has 0 saturated carbocycles. The van der Waals surface area contributed by atoms with E-state index in [4.69, 9.17) is 9.84 Å². The predicted molar refractivity (Wildman–Crippen MR) is 75.8 cm³/mol. The maximum Gasteiger partial charge on any atom is 0.250 e. The van der Waals surface area contributed by atoms with Crippen LogP contribution in [0.2, 0.25) is 0 Å². The molecule has 0 amide bonds. The molecule has 22 heavy (non-hydrogen) atoms. The third kappa shape index (κ3) is 3.47. The van der Waals surface area contributed by atoms with Crippen LogP contribution in [0.5, 0.6) is 0 Å². The van der Waals surface area contributed by atoms with E-state index < -0.39 is 37.1 Å². The fourth-order valence-corrected chi connectivity index (χ4v) is 1.99. The van der Waals surface area contributed by atoms with Crippen LogP contribution in [0.15, 0.2) is 36.2 Å². The Bertz CT molecular complexity index is 542. The number of nitrogens with zero attached hydrogens (tertiary/aromatic N) is 1. The van der Waals surface area contributed by atoms with Crippen molar-refractivity contribution in [2.75, 3.05) is 19.0 Å². The highest BCUT2D eigenvalue weighted by molar-refractivity contribution is 5.45. The van der Waals surface area contributed by atoms with Gasteiger partial charge in [-0.2, -0.15) is 0 Å². The Hall–Kier alpha value is -1.87. The topological polar surface area (TPSA) is 105 Å². The lowest BCUT2D eigenvalue weighted by atomic mass is 10.1. The zero-order valence-corrected chi connectivity index (χ0v) is 11.9. The molecule has 0 spiro atoms. The Morgan fingerprint density at radius 1 is 1.32 bits per heavy atom. The van der Waals surface area contributed by atoms with Crippen LogP contribution in [0, 0.1) is 5.82 Å². The van der Waals surface area contributed by atoms with Crippen LogP contribution in [0.3, 0.4) is 0 Å². The van der Waals surface area contributed by atoms with Crippen molar-refractivity contribution in [1.29, 1.82) is 0 Å². The molecule has 1 aromatic rings. The first kappa shape index (κ1) is 16.5. The van der Waals surface area contributed by atoms with Crippen molar-refractivity contribution in [2.24, 2.45) is 0 Å². The number of aliphatic hydroxyl groups is 4. The summed E-state index contributed by atoms with van der Waals surface area (Å²) in [6.45, 7) is -0.696. The molecule has 0 fully saturated rings. The molecular formula is C14H19FN2O5. The van der Waals surface area contributed by atoms with Crippen molar-refractivity contribution >= 4 is 5.69 Å². The first-order chi connectivity index (χ1) is 10.4. The summed E-state index contributed by atoms with van der Waals surface area (Å²) in [5, 5.41) is 40.5. The van der Waals surface area contributed by atoms with Crippen molar-refractivity contribution < 1.29 is 29.6 Å². The smallest absolute Gasteiger partial charge is 0.250 e. The molecule has 4 unspecified atom stereocenters. The number of para-hydroxylation sites is 1. The number of ether oxygens (including phenoxy) is 1. The number of rotatable bonds is 6. The van der Waals surface area contributed by atoms with Gasteiger partial charge in [-0.3, -0.25) is 0 Å². The SMILES string of the molecule is CN1C=C(C(O)C(O)C(O)CO)OC1Nc1ccccc1F. The Morgan fingerprint density at radius 3 is 2.64 bits per heavy atom. The number of anilines is 1. The van der Waals surface area contributed by atoms with Crippen molar-refractivity contribution in [3.8, 4) is 0 Å². The number of hydrogen-bond donors (Lipinski definition) is 5. The molecule has 7 nitrogen and oxygen atoms in total. The van der Waals surface area contributed by atoms with E-state index in [-0.39, 0.29) is 11.4 Å². The van der Waals surface area contributed by atoms with Crippen LogP contribution in [-0.4, -0.2) is 63.6 Å². The summed E-state index contributed by atoms with van der Waals surface area (Å²) in [5.41, 5.74) is 0.222. The molecule has 0 saturated heterocycles. The van der Waals surface area contributed by atoms with Crippen molar-refractivity contribution in [3.63, 3.8) is 0 Å². The number of halogens is 1. The standard InChI is InChI=1S/C14H19FN2O5/c1-17-6-11(13(21)12(20)10(19)7-18)22-14(17)16-9-5-3-2-4-8(9)15/h2-6,10,12-14,16,18-21H,7H2,1H3. The molecule has 122 valence electrons. The molecule has 0 bridgehead atoms. The third-order valence-corrected chi connectivity index (χ3v) is 3.30. The quantitative estimate of drug-likeness (QED) is 0.477. The fourth-order valence-electron chi connectivity index (χ4n) is 1.99. The van der Waals surface area contributed by atoms with Crippen molar-refractivity contribution in [1.82, 2.24) is 4.90 Å². The van der Waals surface area contributed by atoms with Crippen molar-refractivity contribution in [2.45, 2.75) is 24.7 Å². The van der Waals surface area contributed by atoms with E-state index in [9.17, 15) is 19.7 Å². The maximum atomic E-state index is 13.6. The maximum absolute atomic E-state index is 13.6. The van der Waals surface area contributed by atoms with E-state index in [1.807, 2.05) is 0 Å². The fraction of sp³-hybridized carbons (Fsp3) is 0.429. The minimum atomic E-state index is -1.60. The van der Waals surface area contributed by atoms with E-state index in [1.54, 1.807) is 19.2 Å². The summed E-state index contributed by atoms with van der Waals surface area (Å²) < 4.78 is 19.0. The highest BCUT2D eigenvalue weighted by Gasteiger charge is 2.34. The second-order valence-corrected chi connectivity index (χ2v) is 4.98. The number of benzene rings is 1. The van der Waals surface area contributed by atoms with Gasteiger partial charge < -0.3 is 35.4 Å². The Labute approximate surface area is 126 Å². The number of nitrogens with one attached hydrogen (secondary N) is 1. The van der Waals surface area contributed by atoms with Gasteiger partial charge in [0.15, 0.2) is 0 Å². The molecule has 1 aliphatic heterocycles. The van der Waals surface area contributed by atoms with Crippen LogP contribution in [0.25, 0.3) is 0 Å². The van der Waals surface area contributed by atoms with E-state index in [2.05, 4.69) is 5.32 Å². The largest absolute Gasteiger partial charge is 0.452 e. The highest BCUT2D eigenvalue weighted by atomic mass is 19.1. The minimum Gasteiger partial charge on any atom is -0.452 e. The Balaban J connectivity index is 2.02. The Kier molecular flexibility index (Phi) is 5.19. The minimum absolute atomic E-state index is 0.00339. The lowest BCUT2D eigenvalue weighted by Gasteiger charge is -2.24. The average molecular weight is 314 g/mol. The van der Waals surface area contributed by atoms with Crippen LogP contribution in [0.4, 0.5) is 10.1 Å². The zero-order chi connectivity index (χ0) is 16.3. The first-order valence-electron chi connectivity index (χ1n) is 6.70. The predicted octanol–water partition coefficient (Wildman–Crippen LogP) is -0.600. The molecule has 8 heteroatoms. The third-order valence-electron chi connectivity index (χ3n) is 3.30. The van der Waals surface area contributed by atoms with Gasteiger partial charge >= 0.3 is 0 Å². The summed E-state index contributed by atoms with van der Waals surface area (Å²) in [7, 11) is 1.63. The molecular weight excluding hydrogens is 295 g/mol. The molecule has 1 heterocycles. The molecule has 4 atom stereocenters. The lowest BCUT2D eigenvalue weighted by Crippen LogP contribution is -2.41. The average Bonchev–Trinajstić information content (AvgIpc) is 2.88. The summed E-state index contributed by atoms with van der Waals surface area (Å²) in [4.78, 5) is 1.53. The number of aliphatic hydroxyl groups excluding tert-OH is 4. The van der Waals surface area contributed by atoms with Gasteiger partial charge in [-0.1, -0.05) is 12.1 Å². The van der Waals surface area contributed by atoms with E-state index in [0.29, 0.717) is 0 Å². The highest BCUT2D eigenvalue weighted by Crippen LogP contribution is 2.24. The summed E-state index contributed by atoms with van der Waals surface area (Å²) in [6.07, 6.45) is -3.98.